The van der Waals surface area contributed by atoms with Gasteiger partial charge >= 0.3 is 5.63 Å². The van der Waals surface area contributed by atoms with Crippen molar-refractivity contribution in [2.75, 3.05) is 7.11 Å². The number of rotatable bonds is 3. The highest BCUT2D eigenvalue weighted by Crippen LogP contribution is 2.32. The molecule has 0 aliphatic rings. The Bertz CT molecular complexity index is 1250. The number of aromatic nitrogens is 2. The molecule has 0 amide bonds. The molecule has 0 saturated carbocycles. The van der Waals surface area contributed by atoms with Gasteiger partial charge in [0.25, 0.3) is 5.69 Å². The van der Waals surface area contributed by atoms with Gasteiger partial charge < -0.3 is 14.1 Å². The lowest BCUT2D eigenvalue weighted by atomic mass is 10.1. The molecule has 4 aromatic rings. The fourth-order valence-corrected chi connectivity index (χ4v) is 3.01. The molecule has 1 N–H and O–H groups in total. The average Bonchev–Trinajstić information content (AvgIpc) is 3.03. The van der Waals surface area contributed by atoms with Crippen LogP contribution < -0.4 is 10.4 Å². The number of aromatic amines is 1. The Balaban J connectivity index is 1.98. The molecule has 0 bridgehead atoms. The number of ether oxygens (including phenoxy) is 1. The predicted molar refractivity (Wildman–Crippen MR) is 100 cm³/mol. The molecule has 2 heterocycles. The summed E-state index contributed by atoms with van der Waals surface area (Å²) in [5, 5.41) is 11.5. The lowest BCUT2D eigenvalue weighted by Gasteiger charge is -2.05. The van der Waals surface area contributed by atoms with Crippen LogP contribution in [0.1, 0.15) is 11.1 Å². The molecule has 0 aliphatic carbocycles. The van der Waals surface area contributed by atoms with Gasteiger partial charge in [0.05, 0.1) is 29.1 Å². The number of benzene rings is 2. The van der Waals surface area contributed by atoms with E-state index < -0.39 is 10.5 Å². The van der Waals surface area contributed by atoms with Gasteiger partial charge in [-0.25, -0.2) is 9.78 Å². The summed E-state index contributed by atoms with van der Waals surface area (Å²) < 4.78 is 10.5. The Morgan fingerprint density at radius 2 is 1.89 bits per heavy atom. The molecule has 0 fully saturated rings. The molecule has 8 nitrogen and oxygen atoms in total. The molecule has 0 atom stereocenters. The molecule has 0 radical (unpaired) electrons. The number of nitrogens with one attached hydrogen (secondary N) is 1. The highest BCUT2D eigenvalue weighted by atomic mass is 16.6. The maximum Gasteiger partial charge on any atom is 0.347 e. The molecule has 136 valence electrons. The number of non-ortho nitro benzene ring substituents is 1. The van der Waals surface area contributed by atoms with Crippen LogP contribution in [0.25, 0.3) is 33.4 Å². The van der Waals surface area contributed by atoms with Crippen molar-refractivity contribution in [2.24, 2.45) is 0 Å². The quantitative estimate of drug-likeness (QED) is 0.335. The first kappa shape index (κ1) is 16.8. The van der Waals surface area contributed by atoms with E-state index in [1.165, 1.54) is 25.3 Å². The van der Waals surface area contributed by atoms with Crippen molar-refractivity contribution in [1.82, 2.24) is 9.97 Å². The van der Waals surface area contributed by atoms with E-state index in [9.17, 15) is 14.9 Å². The van der Waals surface area contributed by atoms with Crippen LogP contribution in [-0.2, 0) is 0 Å². The smallest absolute Gasteiger partial charge is 0.347 e. The van der Waals surface area contributed by atoms with Gasteiger partial charge in [0.15, 0.2) is 11.3 Å². The van der Waals surface area contributed by atoms with Gasteiger partial charge in [-0.1, -0.05) is 0 Å². The zero-order valence-corrected chi connectivity index (χ0v) is 14.8. The third-order valence-electron chi connectivity index (χ3n) is 4.57. The summed E-state index contributed by atoms with van der Waals surface area (Å²) in [6, 6.07) is 7.96. The Kier molecular flexibility index (Phi) is 3.69. The topological polar surface area (TPSA) is 111 Å². The first-order chi connectivity index (χ1) is 12.9. The average molecular weight is 365 g/mol. The molecule has 8 heteroatoms. The Hall–Kier alpha value is -3.68. The van der Waals surface area contributed by atoms with Crippen molar-refractivity contribution in [3.8, 4) is 17.1 Å². The molecule has 27 heavy (non-hydrogen) atoms. The molecule has 0 saturated heterocycles. The number of nitro benzene ring substituents is 1. The van der Waals surface area contributed by atoms with E-state index in [1.54, 1.807) is 0 Å². The monoisotopic (exact) mass is 365 g/mol. The van der Waals surface area contributed by atoms with Crippen LogP contribution in [-0.4, -0.2) is 22.0 Å². The lowest BCUT2D eigenvalue weighted by Crippen LogP contribution is -2.04. The molecular weight excluding hydrogens is 350 g/mol. The van der Waals surface area contributed by atoms with Crippen LogP contribution in [0.5, 0.6) is 5.75 Å². The molecule has 0 aliphatic heterocycles. The van der Waals surface area contributed by atoms with Gasteiger partial charge in [-0.3, -0.25) is 10.1 Å². The Morgan fingerprint density at radius 3 is 2.59 bits per heavy atom. The third-order valence-corrected chi connectivity index (χ3v) is 4.57. The van der Waals surface area contributed by atoms with Crippen LogP contribution in [0.2, 0.25) is 0 Å². The zero-order chi connectivity index (χ0) is 19.3. The van der Waals surface area contributed by atoms with E-state index in [-0.39, 0.29) is 22.6 Å². The van der Waals surface area contributed by atoms with Crippen molar-refractivity contribution in [2.45, 2.75) is 13.8 Å². The van der Waals surface area contributed by atoms with Gasteiger partial charge in [-0.05, 0) is 43.2 Å². The Morgan fingerprint density at radius 1 is 1.15 bits per heavy atom. The summed E-state index contributed by atoms with van der Waals surface area (Å²) in [4.78, 5) is 30.7. The summed E-state index contributed by atoms with van der Waals surface area (Å²) in [5.74, 6) is 0.467. The molecule has 0 unspecified atom stereocenters. The van der Waals surface area contributed by atoms with E-state index in [0.29, 0.717) is 11.2 Å². The molecular formula is C19H15N3O5. The van der Waals surface area contributed by atoms with Gasteiger partial charge in [-0.2, -0.15) is 0 Å². The minimum absolute atomic E-state index is 0.124. The fraction of sp³-hybridized carbons (Fsp3) is 0.158. The highest BCUT2D eigenvalue weighted by Gasteiger charge is 2.18. The number of nitrogens with zero attached hydrogens (tertiary/aromatic N) is 2. The SMILES string of the molecule is COc1cc([N+](=O)[O-])cc2cc(-c3nc4cc(C)c(C)cc4[nH]3)c(=O)oc12. The summed E-state index contributed by atoms with van der Waals surface area (Å²) >= 11 is 0. The second-order valence-electron chi connectivity index (χ2n) is 6.31. The third kappa shape index (κ3) is 2.71. The predicted octanol–water partition coefficient (Wildman–Crippen LogP) is 3.87. The Labute approximate surface area is 152 Å². The molecule has 2 aromatic carbocycles. The first-order valence-electron chi connectivity index (χ1n) is 8.15. The molecule has 4 rings (SSSR count). The van der Waals surface area contributed by atoms with Gasteiger partial charge in [0.1, 0.15) is 11.4 Å². The first-order valence-corrected chi connectivity index (χ1v) is 8.15. The summed E-state index contributed by atoms with van der Waals surface area (Å²) in [6.45, 7) is 3.98. The van der Waals surface area contributed by atoms with Gasteiger partial charge in [0.2, 0.25) is 0 Å². The lowest BCUT2D eigenvalue weighted by molar-refractivity contribution is -0.384. The summed E-state index contributed by atoms with van der Waals surface area (Å²) in [5.41, 5.74) is 3.29. The minimum Gasteiger partial charge on any atom is -0.493 e. The second-order valence-corrected chi connectivity index (χ2v) is 6.31. The highest BCUT2D eigenvalue weighted by molar-refractivity contribution is 5.89. The second kappa shape index (κ2) is 5.94. The number of hydrogen-bond donors (Lipinski definition) is 1. The number of methoxy groups -OCH3 is 1. The number of fused-ring (bicyclic) bond motifs is 2. The molecule has 2 aromatic heterocycles. The normalized spacial score (nSPS) is 11.2. The number of H-pyrrole nitrogens is 1. The van der Waals surface area contributed by atoms with Crippen LogP contribution >= 0.6 is 0 Å². The van der Waals surface area contributed by atoms with Crippen LogP contribution in [0.4, 0.5) is 5.69 Å². The van der Waals surface area contributed by atoms with Crippen LogP contribution in [0.15, 0.2) is 39.5 Å². The van der Waals surface area contributed by atoms with E-state index in [1.807, 2.05) is 26.0 Å². The number of aryl methyl sites for hydroxylation is 2. The zero-order valence-electron chi connectivity index (χ0n) is 14.8. The van der Waals surface area contributed by atoms with E-state index >= 15 is 0 Å². The summed E-state index contributed by atoms with van der Waals surface area (Å²) in [6.07, 6.45) is 0. The van der Waals surface area contributed by atoms with Crippen molar-refractivity contribution in [3.05, 3.63) is 62.0 Å². The molecule has 0 spiro atoms. The van der Waals surface area contributed by atoms with Gasteiger partial charge in [0, 0.05) is 11.5 Å². The fourth-order valence-electron chi connectivity index (χ4n) is 3.01. The number of imidazole rings is 1. The largest absolute Gasteiger partial charge is 0.493 e. The van der Waals surface area contributed by atoms with Crippen molar-refractivity contribution >= 4 is 27.7 Å². The maximum atomic E-state index is 12.5. The van der Waals surface area contributed by atoms with Crippen molar-refractivity contribution in [1.29, 1.82) is 0 Å². The standard InChI is InChI=1S/C19H15N3O5/c1-9-4-14-15(5-10(9)2)21-18(20-14)13-7-11-6-12(22(24)25)8-16(26-3)17(11)27-19(13)23/h4-8H,1-3H3,(H,20,21). The summed E-state index contributed by atoms with van der Waals surface area (Å²) in [7, 11) is 1.36. The van der Waals surface area contributed by atoms with Crippen LogP contribution in [0.3, 0.4) is 0 Å². The van der Waals surface area contributed by atoms with Crippen LogP contribution in [0, 0.1) is 24.0 Å². The number of hydrogen-bond acceptors (Lipinski definition) is 6. The van der Waals surface area contributed by atoms with E-state index in [4.69, 9.17) is 9.15 Å². The maximum absolute atomic E-state index is 12.5. The van der Waals surface area contributed by atoms with E-state index in [0.717, 1.165) is 22.2 Å². The van der Waals surface area contributed by atoms with Crippen molar-refractivity contribution < 1.29 is 14.1 Å². The minimum atomic E-state index is -0.609. The van der Waals surface area contributed by atoms with Crippen molar-refractivity contribution in [3.63, 3.8) is 0 Å². The van der Waals surface area contributed by atoms with Gasteiger partial charge in [-0.15, -0.1) is 0 Å². The van der Waals surface area contributed by atoms with E-state index in [2.05, 4.69) is 9.97 Å². The number of nitro groups is 1.